The van der Waals surface area contributed by atoms with Crippen LogP contribution in [0.1, 0.15) is 25.7 Å². The van der Waals surface area contributed by atoms with Gasteiger partial charge in [0.15, 0.2) is 6.19 Å². The van der Waals surface area contributed by atoms with E-state index in [1.54, 1.807) is 0 Å². The van der Waals surface area contributed by atoms with Crippen molar-refractivity contribution in [1.82, 2.24) is 10.2 Å². The highest BCUT2D eigenvalue weighted by molar-refractivity contribution is 5.80. The minimum Gasteiger partial charge on any atom is -0.371 e. The van der Waals surface area contributed by atoms with Crippen molar-refractivity contribution in [2.75, 3.05) is 18.0 Å². The second-order valence-corrected chi connectivity index (χ2v) is 6.92. The number of anilines is 1. The Morgan fingerprint density at radius 1 is 1.22 bits per heavy atom. The van der Waals surface area contributed by atoms with Crippen molar-refractivity contribution in [3.63, 3.8) is 0 Å². The number of carbonyl (C=O) groups excluding carboxylic acids is 1. The number of hydrogen-bond acceptors (Lipinski definition) is 4. The first-order valence-corrected chi connectivity index (χ1v) is 8.54. The number of benzene rings is 1. The van der Waals surface area contributed by atoms with Gasteiger partial charge in [0, 0.05) is 24.8 Å². The van der Waals surface area contributed by atoms with Crippen molar-refractivity contribution >= 4 is 11.6 Å². The van der Waals surface area contributed by atoms with Crippen LogP contribution in [-0.4, -0.2) is 42.0 Å². The molecular formula is C18H22N4O. The summed E-state index contributed by atoms with van der Waals surface area (Å²) in [4.78, 5) is 16.8. The molecule has 0 aromatic heterocycles. The topological polar surface area (TPSA) is 59.4 Å². The van der Waals surface area contributed by atoms with Crippen LogP contribution in [0.3, 0.4) is 0 Å². The highest BCUT2D eigenvalue weighted by atomic mass is 16.2. The molecule has 1 unspecified atom stereocenters. The molecule has 1 amide bonds. The molecule has 120 valence electrons. The minimum absolute atomic E-state index is 0.0601. The van der Waals surface area contributed by atoms with Crippen LogP contribution in [0.5, 0.6) is 0 Å². The fraction of sp³-hybridized carbons (Fsp3) is 0.556. The predicted molar refractivity (Wildman–Crippen MR) is 87.6 cm³/mol. The average Bonchev–Trinajstić information content (AvgIpc) is 3.29. The molecule has 3 aliphatic heterocycles. The van der Waals surface area contributed by atoms with Gasteiger partial charge in [-0.05, 0) is 37.8 Å². The SMILES string of the molecule is N#CN1[C@H]2CC[C@@H]1[C@H](NC(=O)C1CCN(c3ccccc3)C1)C2. The van der Waals surface area contributed by atoms with Gasteiger partial charge in [-0.25, -0.2) is 0 Å². The molecule has 0 aliphatic carbocycles. The van der Waals surface area contributed by atoms with Gasteiger partial charge >= 0.3 is 0 Å². The van der Waals surface area contributed by atoms with Crippen LogP contribution < -0.4 is 10.2 Å². The number of nitrogens with zero attached hydrogens (tertiary/aromatic N) is 3. The molecule has 2 bridgehead atoms. The van der Waals surface area contributed by atoms with Gasteiger partial charge in [-0.3, -0.25) is 4.79 Å². The number of hydrogen-bond donors (Lipinski definition) is 1. The second-order valence-electron chi connectivity index (χ2n) is 6.92. The third-order valence-corrected chi connectivity index (χ3v) is 5.66. The van der Waals surface area contributed by atoms with Crippen molar-refractivity contribution in [2.45, 2.75) is 43.8 Å². The van der Waals surface area contributed by atoms with E-state index in [1.807, 2.05) is 23.1 Å². The first-order chi connectivity index (χ1) is 11.3. The van der Waals surface area contributed by atoms with Gasteiger partial charge < -0.3 is 15.1 Å². The number of para-hydroxylation sites is 1. The Morgan fingerprint density at radius 3 is 2.78 bits per heavy atom. The number of carbonyl (C=O) groups is 1. The van der Waals surface area contributed by atoms with E-state index >= 15 is 0 Å². The molecule has 3 saturated heterocycles. The van der Waals surface area contributed by atoms with E-state index in [-0.39, 0.29) is 23.9 Å². The summed E-state index contributed by atoms with van der Waals surface area (Å²) in [7, 11) is 0. The van der Waals surface area contributed by atoms with Crippen LogP contribution in [-0.2, 0) is 4.79 Å². The van der Waals surface area contributed by atoms with Gasteiger partial charge in [0.05, 0.1) is 18.0 Å². The second kappa shape index (κ2) is 5.77. The molecule has 23 heavy (non-hydrogen) atoms. The fourth-order valence-corrected chi connectivity index (χ4v) is 4.45. The Balaban J connectivity index is 1.35. The van der Waals surface area contributed by atoms with Crippen LogP contribution >= 0.6 is 0 Å². The molecule has 0 saturated carbocycles. The van der Waals surface area contributed by atoms with Crippen molar-refractivity contribution in [1.29, 1.82) is 5.26 Å². The third kappa shape index (κ3) is 2.52. The molecular weight excluding hydrogens is 288 g/mol. The fourth-order valence-electron chi connectivity index (χ4n) is 4.45. The van der Waals surface area contributed by atoms with Gasteiger partial charge in [-0.2, -0.15) is 5.26 Å². The Labute approximate surface area is 136 Å². The van der Waals surface area contributed by atoms with E-state index in [0.717, 1.165) is 38.8 Å². The van der Waals surface area contributed by atoms with Crippen molar-refractivity contribution in [3.8, 4) is 6.19 Å². The normalized spacial score (nSPS) is 32.1. The molecule has 4 atom stereocenters. The monoisotopic (exact) mass is 310 g/mol. The lowest BCUT2D eigenvalue weighted by molar-refractivity contribution is -0.125. The van der Waals surface area contributed by atoms with Gasteiger partial charge in [0.25, 0.3) is 0 Å². The van der Waals surface area contributed by atoms with E-state index in [4.69, 9.17) is 0 Å². The number of nitrogens with one attached hydrogen (secondary N) is 1. The lowest BCUT2D eigenvalue weighted by atomic mass is 9.95. The van der Waals surface area contributed by atoms with Gasteiger partial charge in [-0.15, -0.1) is 0 Å². The summed E-state index contributed by atoms with van der Waals surface area (Å²) < 4.78 is 0. The summed E-state index contributed by atoms with van der Waals surface area (Å²) in [5.41, 5.74) is 1.19. The zero-order valence-corrected chi connectivity index (χ0v) is 13.2. The van der Waals surface area contributed by atoms with Crippen LogP contribution in [0.25, 0.3) is 0 Å². The van der Waals surface area contributed by atoms with Crippen LogP contribution in [0, 0.1) is 17.4 Å². The van der Waals surface area contributed by atoms with E-state index in [9.17, 15) is 10.1 Å². The highest BCUT2D eigenvalue weighted by Crippen LogP contribution is 2.37. The average molecular weight is 310 g/mol. The van der Waals surface area contributed by atoms with E-state index in [2.05, 4.69) is 28.5 Å². The maximum atomic E-state index is 12.6. The van der Waals surface area contributed by atoms with Crippen LogP contribution in [0.4, 0.5) is 5.69 Å². The predicted octanol–water partition coefficient (Wildman–Crippen LogP) is 1.72. The Hall–Kier alpha value is -2.22. The summed E-state index contributed by atoms with van der Waals surface area (Å²) in [6.45, 7) is 1.72. The molecule has 5 nitrogen and oxygen atoms in total. The van der Waals surface area contributed by atoms with Gasteiger partial charge in [-0.1, -0.05) is 18.2 Å². The van der Waals surface area contributed by atoms with Crippen LogP contribution in [0.2, 0.25) is 0 Å². The third-order valence-electron chi connectivity index (χ3n) is 5.66. The minimum atomic E-state index is 0.0601. The summed E-state index contributed by atoms with van der Waals surface area (Å²) in [5, 5.41) is 12.5. The molecule has 1 aromatic rings. The number of fused-ring (bicyclic) bond motifs is 2. The van der Waals surface area contributed by atoms with E-state index in [0.29, 0.717) is 6.04 Å². The highest BCUT2D eigenvalue weighted by Gasteiger charge is 2.47. The molecule has 4 rings (SSSR count). The lowest BCUT2D eigenvalue weighted by Gasteiger charge is -2.24. The van der Waals surface area contributed by atoms with Crippen molar-refractivity contribution in [3.05, 3.63) is 30.3 Å². The quantitative estimate of drug-likeness (QED) is 0.864. The Kier molecular flexibility index (Phi) is 3.60. The first-order valence-electron chi connectivity index (χ1n) is 8.54. The molecule has 1 aromatic carbocycles. The maximum Gasteiger partial charge on any atom is 0.225 e. The molecule has 0 radical (unpaired) electrons. The zero-order chi connectivity index (χ0) is 15.8. The number of rotatable bonds is 3. The number of amides is 1. The van der Waals surface area contributed by atoms with Crippen LogP contribution in [0.15, 0.2) is 30.3 Å². The molecule has 3 fully saturated rings. The molecule has 3 aliphatic rings. The smallest absolute Gasteiger partial charge is 0.225 e. The largest absolute Gasteiger partial charge is 0.371 e. The lowest BCUT2D eigenvalue weighted by Crippen LogP contribution is -2.46. The summed E-state index contributed by atoms with van der Waals surface area (Å²) in [6.07, 6.45) is 6.26. The van der Waals surface area contributed by atoms with E-state index < -0.39 is 0 Å². The van der Waals surface area contributed by atoms with E-state index in [1.165, 1.54) is 5.69 Å². The zero-order valence-electron chi connectivity index (χ0n) is 13.2. The molecule has 1 N–H and O–H groups in total. The Bertz CT molecular complexity index is 626. The summed E-state index contributed by atoms with van der Waals surface area (Å²) in [6, 6.07) is 11.0. The van der Waals surface area contributed by atoms with Gasteiger partial charge in [0.1, 0.15) is 0 Å². The van der Waals surface area contributed by atoms with Crippen molar-refractivity contribution < 1.29 is 4.79 Å². The standard InChI is InChI=1S/C18H22N4O/c19-12-22-15-6-7-17(22)16(10-15)20-18(23)13-8-9-21(11-13)14-4-2-1-3-5-14/h1-5,13,15-17H,6-11H2,(H,20,23)/t13?,15-,16+,17+/m0/s1. The summed E-state index contributed by atoms with van der Waals surface area (Å²) in [5.74, 6) is 0.226. The molecule has 3 heterocycles. The first kappa shape index (κ1) is 14.4. The Morgan fingerprint density at radius 2 is 2.04 bits per heavy atom. The number of nitriles is 1. The van der Waals surface area contributed by atoms with Gasteiger partial charge in [0.2, 0.25) is 5.91 Å². The summed E-state index contributed by atoms with van der Waals surface area (Å²) >= 11 is 0. The molecule has 0 spiro atoms. The maximum absolute atomic E-state index is 12.6. The molecule has 5 heteroatoms. The van der Waals surface area contributed by atoms with Crippen molar-refractivity contribution in [2.24, 2.45) is 5.92 Å².